The van der Waals surface area contributed by atoms with E-state index in [2.05, 4.69) is 26.2 Å². The van der Waals surface area contributed by atoms with Crippen LogP contribution in [0.5, 0.6) is 5.75 Å². The third-order valence-electron chi connectivity index (χ3n) is 2.78. The van der Waals surface area contributed by atoms with Crippen LogP contribution in [0.25, 0.3) is 0 Å². The van der Waals surface area contributed by atoms with Gasteiger partial charge in [-0.2, -0.15) is 10.2 Å². The highest BCUT2D eigenvalue weighted by atomic mass is 79.9. The largest absolute Gasteiger partial charge is 0.491 e. The Labute approximate surface area is 125 Å². The van der Waals surface area contributed by atoms with Gasteiger partial charge in [-0.25, -0.2) is 0 Å². The van der Waals surface area contributed by atoms with Crippen LogP contribution in [0.4, 0.5) is 11.4 Å². The minimum Gasteiger partial charge on any atom is -0.491 e. The number of halogens is 1. The van der Waals surface area contributed by atoms with Gasteiger partial charge in [0.15, 0.2) is 0 Å². The van der Waals surface area contributed by atoms with Gasteiger partial charge in [0, 0.05) is 4.47 Å². The molecule has 0 saturated carbocycles. The van der Waals surface area contributed by atoms with E-state index < -0.39 is 0 Å². The molecule has 0 radical (unpaired) electrons. The summed E-state index contributed by atoms with van der Waals surface area (Å²) in [6.07, 6.45) is 0.270. The fraction of sp³-hybridized carbons (Fsp3) is 0.200. The Kier molecular flexibility index (Phi) is 4.08. The van der Waals surface area contributed by atoms with E-state index in [1.54, 1.807) is 0 Å². The fourth-order valence-corrected chi connectivity index (χ4v) is 1.85. The molecule has 0 N–H and O–H groups in total. The summed E-state index contributed by atoms with van der Waals surface area (Å²) in [6, 6.07) is 15.2. The number of benzene rings is 2. The van der Waals surface area contributed by atoms with Crippen LogP contribution in [0, 0.1) is 0 Å². The molecular weight excluding hydrogens is 320 g/mol. The second kappa shape index (κ2) is 6.15. The van der Waals surface area contributed by atoms with E-state index in [1.807, 2.05) is 48.5 Å². The van der Waals surface area contributed by atoms with Crippen molar-refractivity contribution >= 4 is 27.3 Å². The monoisotopic (exact) mass is 332 g/mol. The van der Waals surface area contributed by atoms with E-state index in [-0.39, 0.29) is 6.10 Å². The van der Waals surface area contributed by atoms with E-state index in [4.69, 9.17) is 9.47 Å². The number of ether oxygens (including phenoxy) is 2. The molecule has 2 aromatic carbocycles. The summed E-state index contributed by atoms with van der Waals surface area (Å²) < 4.78 is 11.7. The number of hydrogen-bond acceptors (Lipinski definition) is 4. The quantitative estimate of drug-likeness (QED) is 0.591. The average Bonchev–Trinajstić information content (AvgIpc) is 3.30. The Bertz CT molecular complexity index is 592. The molecule has 2 aromatic rings. The lowest BCUT2D eigenvalue weighted by Crippen LogP contribution is -2.03. The smallest absolute Gasteiger partial charge is 0.119 e. The number of epoxide rings is 1. The van der Waals surface area contributed by atoms with Gasteiger partial charge in [0.1, 0.15) is 18.5 Å². The molecule has 1 aliphatic heterocycles. The summed E-state index contributed by atoms with van der Waals surface area (Å²) >= 11 is 3.38. The average molecular weight is 333 g/mol. The van der Waals surface area contributed by atoms with Crippen LogP contribution < -0.4 is 4.74 Å². The van der Waals surface area contributed by atoms with Crippen molar-refractivity contribution in [2.75, 3.05) is 13.2 Å². The van der Waals surface area contributed by atoms with Gasteiger partial charge in [-0.1, -0.05) is 15.9 Å². The van der Waals surface area contributed by atoms with E-state index in [1.165, 1.54) is 0 Å². The van der Waals surface area contributed by atoms with E-state index >= 15 is 0 Å². The maximum atomic E-state index is 5.56. The fourth-order valence-electron chi connectivity index (χ4n) is 1.59. The van der Waals surface area contributed by atoms with Crippen molar-refractivity contribution in [1.82, 2.24) is 0 Å². The number of nitrogens with zero attached hydrogens (tertiary/aromatic N) is 2. The second-order valence-electron chi connectivity index (χ2n) is 4.44. The number of hydrogen-bond donors (Lipinski definition) is 0. The predicted molar refractivity (Wildman–Crippen MR) is 80.0 cm³/mol. The Morgan fingerprint density at radius 2 is 1.55 bits per heavy atom. The first kappa shape index (κ1) is 13.3. The van der Waals surface area contributed by atoms with E-state index in [0.29, 0.717) is 6.61 Å². The molecule has 1 fully saturated rings. The van der Waals surface area contributed by atoms with Gasteiger partial charge in [-0.15, -0.1) is 0 Å². The van der Waals surface area contributed by atoms with E-state index in [0.717, 1.165) is 28.2 Å². The lowest BCUT2D eigenvalue weighted by atomic mass is 10.3. The van der Waals surface area contributed by atoms with Crippen molar-refractivity contribution < 1.29 is 9.47 Å². The summed E-state index contributed by atoms with van der Waals surface area (Å²) in [5, 5.41) is 8.36. The number of rotatable bonds is 5. The summed E-state index contributed by atoms with van der Waals surface area (Å²) in [5.74, 6) is 0.822. The first-order chi connectivity index (χ1) is 9.79. The molecule has 1 atom stereocenters. The molecule has 4 nitrogen and oxygen atoms in total. The highest BCUT2D eigenvalue weighted by molar-refractivity contribution is 9.10. The minimum atomic E-state index is 0.270. The standard InChI is InChI=1S/C15H13BrN2O2/c16-11-1-3-12(4-2-11)17-18-13-5-7-14(8-6-13)19-9-15-10-20-15/h1-8,15H,9-10H2. The lowest BCUT2D eigenvalue weighted by Gasteiger charge is -2.03. The topological polar surface area (TPSA) is 46.5 Å². The van der Waals surface area contributed by atoms with Gasteiger partial charge in [0.05, 0.1) is 18.0 Å². The lowest BCUT2D eigenvalue weighted by molar-refractivity contribution is 0.263. The third-order valence-corrected chi connectivity index (χ3v) is 3.31. The van der Waals surface area contributed by atoms with Crippen LogP contribution in [-0.4, -0.2) is 19.3 Å². The summed E-state index contributed by atoms with van der Waals surface area (Å²) in [7, 11) is 0. The molecule has 3 rings (SSSR count). The molecule has 102 valence electrons. The molecule has 20 heavy (non-hydrogen) atoms. The minimum absolute atomic E-state index is 0.270. The molecule has 0 amide bonds. The molecule has 1 aliphatic rings. The van der Waals surface area contributed by atoms with Crippen molar-refractivity contribution in [2.24, 2.45) is 10.2 Å². The molecule has 0 bridgehead atoms. The van der Waals surface area contributed by atoms with Crippen LogP contribution in [0.15, 0.2) is 63.2 Å². The molecular formula is C15H13BrN2O2. The van der Waals surface area contributed by atoms with Crippen LogP contribution in [0.3, 0.4) is 0 Å². The summed E-state index contributed by atoms with van der Waals surface area (Å²) in [6.45, 7) is 1.42. The molecule has 1 saturated heterocycles. The first-order valence-electron chi connectivity index (χ1n) is 6.31. The zero-order chi connectivity index (χ0) is 13.8. The molecule has 1 heterocycles. The highest BCUT2D eigenvalue weighted by Gasteiger charge is 2.22. The van der Waals surface area contributed by atoms with Crippen LogP contribution in [0.1, 0.15) is 0 Å². The highest BCUT2D eigenvalue weighted by Crippen LogP contribution is 2.23. The molecule has 1 unspecified atom stereocenters. The maximum Gasteiger partial charge on any atom is 0.119 e. The molecule has 0 aromatic heterocycles. The van der Waals surface area contributed by atoms with E-state index in [9.17, 15) is 0 Å². The Morgan fingerprint density at radius 1 is 1.00 bits per heavy atom. The van der Waals surface area contributed by atoms with Crippen molar-refractivity contribution in [2.45, 2.75) is 6.10 Å². The van der Waals surface area contributed by atoms with Gasteiger partial charge >= 0.3 is 0 Å². The third kappa shape index (κ3) is 3.88. The van der Waals surface area contributed by atoms with Crippen LogP contribution in [-0.2, 0) is 4.74 Å². The SMILES string of the molecule is Brc1ccc(N=Nc2ccc(OCC3CO3)cc2)cc1. The zero-order valence-electron chi connectivity index (χ0n) is 10.7. The predicted octanol–water partition coefficient (Wildman–Crippen LogP) is 4.64. The second-order valence-corrected chi connectivity index (χ2v) is 5.35. The van der Waals surface area contributed by atoms with Crippen LogP contribution >= 0.6 is 15.9 Å². The van der Waals surface area contributed by atoms with Crippen molar-refractivity contribution in [3.63, 3.8) is 0 Å². The molecule has 0 spiro atoms. The normalized spacial score (nSPS) is 17.4. The Morgan fingerprint density at radius 3 is 2.10 bits per heavy atom. The van der Waals surface area contributed by atoms with Gasteiger partial charge in [-0.05, 0) is 48.5 Å². The molecule has 5 heteroatoms. The Balaban J connectivity index is 1.60. The zero-order valence-corrected chi connectivity index (χ0v) is 12.3. The Hall–Kier alpha value is -1.72. The van der Waals surface area contributed by atoms with Gasteiger partial charge in [0.2, 0.25) is 0 Å². The van der Waals surface area contributed by atoms with Crippen molar-refractivity contribution in [1.29, 1.82) is 0 Å². The van der Waals surface area contributed by atoms with Gasteiger partial charge < -0.3 is 9.47 Å². The van der Waals surface area contributed by atoms with Gasteiger partial charge in [0.25, 0.3) is 0 Å². The molecule has 0 aliphatic carbocycles. The summed E-state index contributed by atoms with van der Waals surface area (Å²) in [5.41, 5.74) is 1.61. The van der Waals surface area contributed by atoms with Gasteiger partial charge in [-0.3, -0.25) is 0 Å². The maximum absolute atomic E-state index is 5.56. The summed E-state index contributed by atoms with van der Waals surface area (Å²) in [4.78, 5) is 0. The van der Waals surface area contributed by atoms with Crippen molar-refractivity contribution in [3.05, 3.63) is 53.0 Å². The van der Waals surface area contributed by atoms with Crippen molar-refractivity contribution in [3.8, 4) is 5.75 Å². The first-order valence-corrected chi connectivity index (χ1v) is 7.11. The van der Waals surface area contributed by atoms with Crippen LogP contribution in [0.2, 0.25) is 0 Å². The number of azo groups is 1.